The van der Waals surface area contributed by atoms with E-state index in [1.165, 1.54) is 0 Å². The predicted molar refractivity (Wildman–Crippen MR) is 89.7 cm³/mol. The Morgan fingerprint density at radius 3 is 2.38 bits per heavy atom. The summed E-state index contributed by atoms with van der Waals surface area (Å²) in [6.45, 7) is 4.29. The van der Waals surface area contributed by atoms with Crippen LogP contribution in [0.4, 0.5) is 10.5 Å². The molecule has 2 rings (SSSR count). The van der Waals surface area contributed by atoms with E-state index in [-0.39, 0.29) is 12.1 Å². The van der Waals surface area contributed by atoms with Crippen molar-refractivity contribution < 1.29 is 4.79 Å². The number of amides is 2. The molecule has 0 fully saturated rings. The van der Waals surface area contributed by atoms with Crippen LogP contribution < -0.4 is 10.6 Å². The number of urea groups is 1. The Hall–Kier alpha value is -2.03. The fourth-order valence-electron chi connectivity index (χ4n) is 2.66. The Kier molecular flexibility index (Phi) is 5.61. The van der Waals surface area contributed by atoms with Crippen LogP contribution in [0, 0.1) is 0 Å². The first kappa shape index (κ1) is 15.4. The molecule has 3 nitrogen and oxygen atoms in total. The minimum Gasteiger partial charge on any atom is -0.335 e. The SMILES string of the molecule is CCCC(CCC)NC(=O)Nc1cccc2ccccc12. The molecule has 0 atom stereocenters. The summed E-state index contributed by atoms with van der Waals surface area (Å²) in [4.78, 5) is 12.2. The van der Waals surface area contributed by atoms with Crippen LogP contribution in [-0.2, 0) is 0 Å². The first-order valence-electron chi connectivity index (χ1n) is 7.79. The van der Waals surface area contributed by atoms with Gasteiger partial charge in [0, 0.05) is 11.4 Å². The second-order valence-electron chi connectivity index (χ2n) is 5.40. The standard InChI is InChI=1S/C18H24N2O/c1-3-8-15(9-4-2)19-18(21)20-17-13-7-11-14-10-5-6-12-16(14)17/h5-7,10-13,15H,3-4,8-9H2,1-2H3,(H2,19,20,21). The fourth-order valence-corrected chi connectivity index (χ4v) is 2.66. The molecule has 0 saturated heterocycles. The normalized spacial score (nSPS) is 10.8. The van der Waals surface area contributed by atoms with Crippen molar-refractivity contribution in [1.82, 2.24) is 5.32 Å². The largest absolute Gasteiger partial charge is 0.335 e. The van der Waals surface area contributed by atoms with Gasteiger partial charge in [-0.2, -0.15) is 0 Å². The van der Waals surface area contributed by atoms with E-state index < -0.39 is 0 Å². The number of rotatable bonds is 6. The second-order valence-corrected chi connectivity index (χ2v) is 5.40. The summed E-state index contributed by atoms with van der Waals surface area (Å²) in [6, 6.07) is 14.2. The third-order valence-corrected chi connectivity index (χ3v) is 3.65. The number of hydrogen-bond donors (Lipinski definition) is 2. The van der Waals surface area contributed by atoms with E-state index in [4.69, 9.17) is 0 Å². The fraction of sp³-hybridized carbons (Fsp3) is 0.389. The Morgan fingerprint density at radius 2 is 1.67 bits per heavy atom. The molecule has 0 aliphatic carbocycles. The van der Waals surface area contributed by atoms with Gasteiger partial charge in [0.15, 0.2) is 0 Å². The molecule has 0 aromatic heterocycles. The zero-order valence-electron chi connectivity index (χ0n) is 12.9. The molecule has 0 bridgehead atoms. The molecular weight excluding hydrogens is 260 g/mol. The lowest BCUT2D eigenvalue weighted by Crippen LogP contribution is -2.37. The molecule has 2 aromatic carbocycles. The number of carbonyl (C=O) groups excluding carboxylic acids is 1. The average Bonchev–Trinajstić information content (AvgIpc) is 2.48. The second kappa shape index (κ2) is 7.67. The van der Waals surface area contributed by atoms with Crippen LogP contribution in [0.3, 0.4) is 0 Å². The molecule has 2 aromatic rings. The quantitative estimate of drug-likeness (QED) is 0.775. The molecular formula is C18H24N2O. The highest BCUT2D eigenvalue weighted by Crippen LogP contribution is 2.22. The lowest BCUT2D eigenvalue weighted by molar-refractivity contribution is 0.246. The minimum absolute atomic E-state index is 0.113. The smallest absolute Gasteiger partial charge is 0.319 e. The number of hydrogen-bond acceptors (Lipinski definition) is 1. The van der Waals surface area contributed by atoms with Crippen molar-refractivity contribution in [3.8, 4) is 0 Å². The maximum atomic E-state index is 12.2. The van der Waals surface area contributed by atoms with Crippen molar-refractivity contribution in [2.24, 2.45) is 0 Å². The van der Waals surface area contributed by atoms with Crippen LogP contribution in [-0.4, -0.2) is 12.1 Å². The average molecular weight is 284 g/mol. The predicted octanol–water partition coefficient (Wildman–Crippen LogP) is 4.93. The molecule has 0 aliphatic rings. The lowest BCUT2D eigenvalue weighted by Gasteiger charge is -2.18. The number of benzene rings is 2. The van der Waals surface area contributed by atoms with Gasteiger partial charge in [0.05, 0.1) is 5.69 Å². The third kappa shape index (κ3) is 4.22. The molecule has 112 valence electrons. The molecule has 0 unspecified atom stereocenters. The monoisotopic (exact) mass is 284 g/mol. The number of anilines is 1. The number of fused-ring (bicyclic) bond motifs is 1. The van der Waals surface area contributed by atoms with Gasteiger partial charge < -0.3 is 10.6 Å². The summed E-state index contributed by atoms with van der Waals surface area (Å²) in [5, 5.41) is 8.26. The van der Waals surface area contributed by atoms with Crippen LogP contribution in [0.15, 0.2) is 42.5 Å². The topological polar surface area (TPSA) is 41.1 Å². The van der Waals surface area contributed by atoms with Crippen LogP contribution in [0.25, 0.3) is 10.8 Å². The van der Waals surface area contributed by atoms with E-state index in [1.807, 2.05) is 30.3 Å². The van der Waals surface area contributed by atoms with E-state index in [2.05, 4.69) is 36.6 Å². The zero-order valence-corrected chi connectivity index (χ0v) is 12.9. The van der Waals surface area contributed by atoms with Gasteiger partial charge >= 0.3 is 6.03 Å². The number of carbonyl (C=O) groups is 1. The highest BCUT2D eigenvalue weighted by molar-refractivity contribution is 6.01. The van der Waals surface area contributed by atoms with Crippen molar-refractivity contribution in [1.29, 1.82) is 0 Å². The summed E-state index contributed by atoms with van der Waals surface area (Å²) in [7, 11) is 0. The van der Waals surface area contributed by atoms with E-state index in [0.717, 1.165) is 42.1 Å². The highest BCUT2D eigenvalue weighted by Gasteiger charge is 2.11. The lowest BCUT2D eigenvalue weighted by atomic mass is 10.1. The summed E-state index contributed by atoms with van der Waals surface area (Å²) in [5.74, 6) is 0. The van der Waals surface area contributed by atoms with Gasteiger partial charge in [-0.15, -0.1) is 0 Å². The van der Waals surface area contributed by atoms with Crippen LogP contribution in [0.1, 0.15) is 39.5 Å². The Bertz CT molecular complexity index is 583. The molecule has 2 amide bonds. The van der Waals surface area contributed by atoms with Crippen molar-refractivity contribution in [3.05, 3.63) is 42.5 Å². The molecule has 0 heterocycles. The summed E-state index contributed by atoms with van der Waals surface area (Å²) < 4.78 is 0. The maximum absolute atomic E-state index is 12.2. The van der Waals surface area contributed by atoms with Gasteiger partial charge in [-0.25, -0.2) is 4.79 Å². The van der Waals surface area contributed by atoms with E-state index >= 15 is 0 Å². The third-order valence-electron chi connectivity index (χ3n) is 3.65. The summed E-state index contributed by atoms with van der Waals surface area (Å²) in [5.41, 5.74) is 0.859. The van der Waals surface area contributed by atoms with Gasteiger partial charge in [-0.3, -0.25) is 0 Å². The van der Waals surface area contributed by atoms with Crippen LogP contribution in [0.5, 0.6) is 0 Å². The van der Waals surface area contributed by atoms with E-state index in [9.17, 15) is 4.79 Å². The zero-order chi connectivity index (χ0) is 15.1. The molecule has 0 radical (unpaired) electrons. The van der Waals surface area contributed by atoms with E-state index in [1.54, 1.807) is 0 Å². The molecule has 2 N–H and O–H groups in total. The first-order valence-corrected chi connectivity index (χ1v) is 7.79. The van der Waals surface area contributed by atoms with Gasteiger partial charge in [-0.1, -0.05) is 63.1 Å². The van der Waals surface area contributed by atoms with E-state index in [0.29, 0.717) is 0 Å². The maximum Gasteiger partial charge on any atom is 0.319 e. The molecule has 0 aliphatic heterocycles. The minimum atomic E-state index is -0.113. The van der Waals surface area contributed by atoms with Crippen molar-refractivity contribution in [2.45, 2.75) is 45.6 Å². The van der Waals surface area contributed by atoms with Crippen LogP contribution >= 0.6 is 0 Å². The van der Waals surface area contributed by atoms with Gasteiger partial charge in [0.2, 0.25) is 0 Å². The van der Waals surface area contributed by atoms with Gasteiger partial charge in [-0.05, 0) is 24.3 Å². The molecule has 0 saturated carbocycles. The molecule has 21 heavy (non-hydrogen) atoms. The number of nitrogens with one attached hydrogen (secondary N) is 2. The van der Waals surface area contributed by atoms with Crippen molar-refractivity contribution >= 4 is 22.5 Å². The summed E-state index contributed by atoms with van der Waals surface area (Å²) >= 11 is 0. The molecule has 3 heteroatoms. The van der Waals surface area contributed by atoms with Gasteiger partial charge in [0.1, 0.15) is 0 Å². The Labute approximate surface area is 126 Å². The van der Waals surface area contributed by atoms with Crippen LogP contribution in [0.2, 0.25) is 0 Å². The van der Waals surface area contributed by atoms with Gasteiger partial charge in [0.25, 0.3) is 0 Å². The Morgan fingerprint density at radius 1 is 1.00 bits per heavy atom. The summed E-state index contributed by atoms with van der Waals surface area (Å²) in [6.07, 6.45) is 4.21. The highest BCUT2D eigenvalue weighted by atomic mass is 16.2. The molecule has 0 spiro atoms. The first-order chi connectivity index (χ1) is 10.2. The van der Waals surface area contributed by atoms with Crippen molar-refractivity contribution in [2.75, 3.05) is 5.32 Å². The Balaban J connectivity index is 2.07. The van der Waals surface area contributed by atoms with Crippen molar-refractivity contribution in [3.63, 3.8) is 0 Å².